The first kappa shape index (κ1) is 16.5. The number of amides is 2. The maximum atomic E-state index is 12.2. The fourth-order valence-corrected chi connectivity index (χ4v) is 3.17. The first-order valence-corrected chi connectivity index (χ1v) is 8.44. The summed E-state index contributed by atoms with van der Waals surface area (Å²) in [5, 5.41) is 12.1. The Labute approximate surface area is 140 Å². The second-order valence-corrected chi connectivity index (χ2v) is 6.58. The highest BCUT2D eigenvalue weighted by atomic mass is 16.4. The number of hydrogen-bond donors (Lipinski definition) is 2. The molecule has 0 aromatic heterocycles. The Balaban J connectivity index is 1.49. The molecule has 1 aromatic rings. The molecule has 1 aliphatic heterocycles. The Hall–Kier alpha value is -2.37. The van der Waals surface area contributed by atoms with Crippen molar-refractivity contribution in [2.45, 2.75) is 38.1 Å². The molecule has 1 aliphatic carbocycles. The van der Waals surface area contributed by atoms with Gasteiger partial charge >= 0.3 is 5.97 Å². The van der Waals surface area contributed by atoms with E-state index in [1.165, 1.54) is 6.07 Å². The van der Waals surface area contributed by atoms with Crippen molar-refractivity contribution in [2.75, 3.05) is 13.1 Å². The number of benzene rings is 1. The summed E-state index contributed by atoms with van der Waals surface area (Å²) in [7, 11) is 0. The summed E-state index contributed by atoms with van der Waals surface area (Å²) in [5.74, 6) is -0.695. The number of piperidine rings is 1. The molecule has 0 radical (unpaired) electrons. The molecule has 128 valence electrons. The number of carbonyl (C=O) groups is 3. The lowest BCUT2D eigenvalue weighted by molar-refractivity contribution is -0.133. The number of carboxylic acid groups (broad SMARTS) is 1. The van der Waals surface area contributed by atoms with E-state index in [2.05, 4.69) is 5.32 Å². The molecule has 2 N–H and O–H groups in total. The molecule has 0 spiro atoms. The Morgan fingerprint density at radius 2 is 1.75 bits per heavy atom. The molecule has 1 saturated carbocycles. The highest BCUT2D eigenvalue weighted by molar-refractivity contribution is 5.91. The summed E-state index contributed by atoms with van der Waals surface area (Å²) in [6, 6.07) is 6.61. The number of carbonyl (C=O) groups excluding carboxylic acids is 2. The van der Waals surface area contributed by atoms with Gasteiger partial charge in [0.25, 0.3) is 0 Å². The van der Waals surface area contributed by atoms with E-state index in [1.54, 1.807) is 18.2 Å². The van der Waals surface area contributed by atoms with Crippen LogP contribution in [0, 0.1) is 5.92 Å². The molecular formula is C18H22N2O4. The zero-order valence-electron chi connectivity index (χ0n) is 13.5. The van der Waals surface area contributed by atoms with Gasteiger partial charge in [0.05, 0.1) is 12.0 Å². The minimum Gasteiger partial charge on any atom is -0.478 e. The van der Waals surface area contributed by atoms with E-state index in [4.69, 9.17) is 5.11 Å². The molecule has 24 heavy (non-hydrogen) atoms. The van der Waals surface area contributed by atoms with E-state index < -0.39 is 5.97 Å². The predicted octanol–water partition coefficient (Wildman–Crippen LogP) is 1.44. The molecule has 1 aromatic carbocycles. The van der Waals surface area contributed by atoms with Gasteiger partial charge in [-0.05, 0) is 37.3 Å². The van der Waals surface area contributed by atoms with Crippen LogP contribution in [0.4, 0.5) is 0 Å². The summed E-state index contributed by atoms with van der Waals surface area (Å²) in [4.78, 5) is 37.3. The predicted molar refractivity (Wildman–Crippen MR) is 87.6 cm³/mol. The Morgan fingerprint density at radius 1 is 1.08 bits per heavy atom. The molecule has 2 amide bonds. The van der Waals surface area contributed by atoms with Crippen molar-refractivity contribution in [1.82, 2.24) is 10.2 Å². The van der Waals surface area contributed by atoms with Crippen LogP contribution in [0.5, 0.6) is 0 Å². The van der Waals surface area contributed by atoms with Gasteiger partial charge in [-0.1, -0.05) is 18.2 Å². The molecule has 6 nitrogen and oxygen atoms in total. The minimum atomic E-state index is -1.02. The van der Waals surface area contributed by atoms with Crippen LogP contribution in [0.2, 0.25) is 0 Å². The van der Waals surface area contributed by atoms with Crippen LogP contribution in [0.15, 0.2) is 24.3 Å². The maximum Gasteiger partial charge on any atom is 0.335 e. The number of nitrogens with zero attached hydrogens (tertiary/aromatic N) is 1. The lowest BCUT2D eigenvalue weighted by Gasteiger charge is -2.32. The van der Waals surface area contributed by atoms with E-state index in [-0.39, 0.29) is 35.8 Å². The van der Waals surface area contributed by atoms with Crippen LogP contribution in [0.1, 0.15) is 41.6 Å². The van der Waals surface area contributed by atoms with Crippen molar-refractivity contribution >= 4 is 17.8 Å². The van der Waals surface area contributed by atoms with Gasteiger partial charge in [-0.25, -0.2) is 4.79 Å². The molecule has 2 aliphatic rings. The van der Waals surface area contributed by atoms with E-state index in [1.807, 2.05) is 4.90 Å². The standard InChI is InChI=1S/C18H22N2O4/c21-16(11-13-3-1-2-4-15(13)18(23)24)19-14-7-9-20(10-8-14)17(22)12-5-6-12/h1-4,12,14H,5-11H2,(H,19,21)(H,23,24). The second-order valence-electron chi connectivity index (χ2n) is 6.58. The lowest BCUT2D eigenvalue weighted by atomic mass is 10.0. The summed E-state index contributed by atoms with van der Waals surface area (Å²) < 4.78 is 0. The third kappa shape index (κ3) is 3.93. The van der Waals surface area contributed by atoms with Gasteiger partial charge in [0.15, 0.2) is 0 Å². The smallest absolute Gasteiger partial charge is 0.335 e. The lowest BCUT2D eigenvalue weighted by Crippen LogP contribution is -2.47. The Morgan fingerprint density at radius 3 is 2.38 bits per heavy atom. The summed E-state index contributed by atoms with van der Waals surface area (Å²) >= 11 is 0. The fourth-order valence-electron chi connectivity index (χ4n) is 3.17. The number of nitrogens with one attached hydrogen (secondary N) is 1. The van der Waals surface area contributed by atoms with Crippen LogP contribution in [0.25, 0.3) is 0 Å². The van der Waals surface area contributed by atoms with Crippen molar-refractivity contribution in [3.8, 4) is 0 Å². The summed E-state index contributed by atoms with van der Waals surface area (Å²) in [6.07, 6.45) is 3.59. The topological polar surface area (TPSA) is 86.7 Å². The molecule has 0 bridgehead atoms. The van der Waals surface area contributed by atoms with Gasteiger partial charge in [-0.2, -0.15) is 0 Å². The maximum absolute atomic E-state index is 12.2. The van der Waals surface area contributed by atoms with Gasteiger partial charge in [0.2, 0.25) is 11.8 Å². The van der Waals surface area contributed by atoms with Crippen LogP contribution >= 0.6 is 0 Å². The monoisotopic (exact) mass is 330 g/mol. The van der Waals surface area contributed by atoms with Crippen molar-refractivity contribution in [2.24, 2.45) is 5.92 Å². The first-order chi connectivity index (χ1) is 11.5. The molecule has 0 atom stereocenters. The molecule has 0 unspecified atom stereocenters. The van der Waals surface area contributed by atoms with Crippen LogP contribution in [0.3, 0.4) is 0 Å². The van der Waals surface area contributed by atoms with Gasteiger partial charge in [0.1, 0.15) is 0 Å². The second kappa shape index (κ2) is 7.03. The molecular weight excluding hydrogens is 308 g/mol. The van der Waals surface area contributed by atoms with Crippen molar-refractivity contribution in [3.63, 3.8) is 0 Å². The van der Waals surface area contributed by atoms with Gasteiger partial charge in [-0.15, -0.1) is 0 Å². The zero-order valence-corrected chi connectivity index (χ0v) is 13.5. The average molecular weight is 330 g/mol. The van der Waals surface area contributed by atoms with Gasteiger partial charge in [-0.3, -0.25) is 9.59 Å². The van der Waals surface area contributed by atoms with Crippen molar-refractivity contribution in [1.29, 1.82) is 0 Å². The average Bonchev–Trinajstić information content (AvgIpc) is 3.40. The normalized spacial score (nSPS) is 18.2. The molecule has 3 rings (SSSR count). The van der Waals surface area contributed by atoms with E-state index in [0.29, 0.717) is 18.7 Å². The molecule has 1 saturated heterocycles. The van der Waals surface area contributed by atoms with Crippen molar-refractivity contribution < 1.29 is 19.5 Å². The summed E-state index contributed by atoms with van der Waals surface area (Å²) in [5.41, 5.74) is 0.682. The zero-order chi connectivity index (χ0) is 17.1. The highest BCUT2D eigenvalue weighted by Crippen LogP contribution is 2.31. The quantitative estimate of drug-likeness (QED) is 0.855. The van der Waals surface area contributed by atoms with E-state index >= 15 is 0 Å². The SMILES string of the molecule is O=C(Cc1ccccc1C(=O)O)NC1CCN(C(=O)C2CC2)CC1. The Bertz CT molecular complexity index is 646. The van der Waals surface area contributed by atoms with Gasteiger partial charge < -0.3 is 15.3 Å². The van der Waals surface area contributed by atoms with Crippen LogP contribution in [-0.2, 0) is 16.0 Å². The highest BCUT2D eigenvalue weighted by Gasteiger charge is 2.35. The van der Waals surface area contributed by atoms with Crippen LogP contribution in [-0.4, -0.2) is 46.9 Å². The number of likely N-dealkylation sites (tertiary alicyclic amines) is 1. The third-order valence-corrected chi connectivity index (χ3v) is 4.70. The largest absolute Gasteiger partial charge is 0.478 e. The summed E-state index contributed by atoms with van der Waals surface area (Å²) in [6.45, 7) is 1.37. The van der Waals surface area contributed by atoms with E-state index in [9.17, 15) is 14.4 Å². The third-order valence-electron chi connectivity index (χ3n) is 4.70. The number of hydrogen-bond acceptors (Lipinski definition) is 3. The van der Waals surface area contributed by atoms with E-state index in [0.717, 1.165) is 25.7 Å². The number of rotatable bonds is 5. The first-order valence-electron chi connectivity index (χ1n) is 8.44. The molecule has 2 fully saturated rings. The van der Waals surface area contributed by atoms with Crippen LogP contribution < -0.4 is 5.32 Å². The minimum absolute atomic E-state index is 0.0535. The molecule has 1 heterocycles. The van der Waals surface area contributed by atoms with Crippen molar-refractivity contribution in [3.05, 3.63) is 35.4 Å². The fraction of sp³-hybridized carbons (Fsp3) is 0.500. The van der Waals surface area contributed by atoms with Gasteiger partial charge in [0, 0.05) is 25.0 Å². The molecule has 6 heteroatoms. The number of aromatic carboxylic acids is 1. The Kier molecular flexibility index (Phi) is 4.83. The number of carboxylic acids is 1.